The summed E-state index contributed by atoms with van der Waals surface area (Å²) in [6, 6.07) is 20.9. The minimum Gasteiger partial charge on any atom is -0.755 e. The largest absolute Gasteiger partial charge is 0.755 e. The summed E-state index contributed by atoms with van der Waals surface area (Å²) in [6.07, 6.45) is 0.393. The summed E-state index contributed by atoms with van der Waals surface area (Å²) in [5.41, 5.74) is 2.45. The molecule has 0 bridgehead atoms. The quantitative estimate of drug-likeness (QED) is 0.311. The lowest BCUT2D eigenvalue weighted by Gasteiger charge is -2.26. The zero-order valence-corrected chi connectivity index (χ0v) is 20.6. The third kappa shape index (κ3) is 5.63. The Morgan fingerprint density at radius 2 is 1.76 bits per heavy atom. The Hall–Kier alpha value is -2.82. The predicted molar refractivity (Wildman–Crippen MR) is 134 cm³/mol. The first kappa shape index (κ1) is 24.3. The molecule has 0 saturated heterocycles. The van der Waals surface area contributed by atoms with Crippen molar-refractivity contribution in [1.29, 1.82) is 0 Å². The van der Waals surface area contributed by atoms with Crippen molar-refractivity contribution < 1.29 is 13.6 Å². The van der Waals surface area contributed by atoms with Gasteiger partial charge in [-0.05, 0) is 35.4 Å². The molecular formula is C23H17Cl2N4O3S2-. The van der Waals surface area contributed by atoms with Crippen LogP contribution in [-0.2, 0) is 24.2 Å². The number of carbonyl (C=O) groups excluding carboxylic acids is 1. The summed E-state index contributed by atoms with van der Waals surface area (Å²) >= 11 is 10.3. The molecule has 3 aromatic carbocycles. The van der Waals surface area contributed by atoms with E-state index in [-0.39, 0.29) is 23.6 Å². The number of aromatic nitrogens is 2. The maximum absolute atomic E-state index is 13.0. The minimum atomic E-state index is -2.75. The maximum Gasteiger partial charge on any atom is 0.253 e. The summed E-state index contributed by atoms with van der Waals surface area (Å²) in [5, 5.41) is 3.69. The average molecular weight is 532 g/mol. The van der Waals surface area contributed by atoms with Gasteiger partial charge in [0.2, 0.25) is 0 Å². The van der Waals surface area contributed by atoms with E-state index < -0.39 is 17.2 Å². The van der Waals surface area contributed by atoms with Gasteiger partial charge >= 0.3 is 0 Å². The van der Waals surface area contributed by atoms with Crippen LogP contribution >= 0.6 is 34.9 Å². The Morgan fingerprint density at radius 3 is 2.50 bits per heavy atom. The first-order chi connectivity index (χ1) is 16.4. The van der Waals surface area contributed by atoms with E-state index in [1.807, 2.05) is 30.3 Å². The minimum absolute atomic E-state index is 0.140. The standard InChI is InChI=1S/C23H18Cl2N4O3S2/c24-17-11-10-16(19(25)13-17)14-26-23(30)18-8-4-5-9-21(18)29(34(31)32)22-20(27-33-28-22)12-15-6-2-1-3-7-15/h1-11,13H,12,14H2,(H,26,30)(H,31,32)/p-1. The molecule has 1 N–H and O–H groups in total. The van der Waals surface area contributed by atoms with Crippen LogP contribution < -0.4 is 9.62 Å². The number of rotatable bonds is 8. The van der Waals surface area contributed by atoms with Gasteiger partial charge in [-0.25, -0.2) is 0 Å². The monoisotopic (exact) mass is 531 g/mol. The van der Waals surface area contributed by atoms with E-state index in [2.05, 4.69) is 14.1 Å². The van der Waals surface area contributed by atoms with Gasteiger partial charge in [0, 0.05) is 23.0 Å². The van der Waals surface area contributed by atoms with Crippen LogP contribution in [0.25, 0.3) is 0 Å². The molecule has 34 heavy (non-hydrogen) atoms. The van der Waals surface area contributed by atoms with Crippen LogP contribution in [0.1, 0.15) is 27.2 Å². The van der Waals surface area contributed by atoms with Crippen molar-refractivity contribution >= 4 is 63.6 Å². The van der Waals surface area contributed by atoms with Gasteiger partial charge in [0.25, 0.3) is 5.91 Å². The molecule has 0 fully saturated rings. The van der Waals surface area contributed by atoms with E-state index in [1.54, 1.807) is 42.5 Å². The van der Waals surface area contributed by atoms with Crippen LogP contribution in [0, 0.1) is 0 Å². The van der Waals surface area contributed by atoms with Gasteiger partial charge in [0.15, 0.2) is 5.82 Å². The average Bonchev–Trinajstić information content (AvgIpc) is 3.26. The molecule has 0 spiro atoms. The predicted octanol–water partition coefficient (Wildman–Crippen LogP) is 5.30. The fraction of sp³-hybridized carbons (Fsp3) is 0.0870. The van der Waals surface area contributed by atoms with Crippen LogP contribution in [0.3, 0.4) is 0 Å². The van der Waals surface area contributed by atoms with Crippen molar-refractivity contribution in [2.24, 2.45) is 0 Å². The Kier molecular flexibility index (Phi) is 7.91. The Labute approximate surface area is 213 Å². The highest BCUT2D eigenvalue weighted by atomic mass is 35.5. The fourth-order valence-corrected chi connectivity index (χ4v) is 4.98. The van der Waals surface area contributed by atoms with Crippen LogP contribution in [0.15, 0.2) is 72.8 Å². The molecular weight excluding hydrogens is 515 g/mol. The number of carbonyl (C=O) groups is 1. The first-order valence-electron chi connectivity index (χ1n) is 10.00. The van der Waals surface area contributed by atoms with Crippen LogP contribution in [0.2, 0.25) is 10.0 Å². The number of nitrogens with one attached hydrogen (secondary N) is 1. The van der Waals surface area contributed by atoms with Gasteiger partial charge in [-0.1, -0.05) is 71.7 Å². The Morgan fingerprint density at radius 1 is 1.03 bits per heavy atom. The first-order valence-corrected chi connectivity index (χ1v) is 12.5. The van der Waals surface area contributed by atoms with Crippen molar-refractivity contribution in [2.45, 2.75) is 13.0 Å². The molecule has 0 aliphatic rings. The lowest BCUT2D eigenvalue weighted by atomic mass is 10.1. The number of para-hydroxylation sites is 1. The lowest BCUT2D eigenvalue weighted by molar-refractivity contribution is 0.0951. The van der Waals surface area contributed by atoms with E-state index in [1.165, 1.54) is 0 Å². The molecule has 4 aromatic rings. The van der Waals surface area contributed by atoms with Gasteiger partial charge < -0.3 is 9.87 Å². The van der Waals surface area contributed by atoms with E-state index >= 15 is 0 Å². The number of amides is 1. The van der Waals surface area contributed by atoms with Crippen molar-refractivity contribution in [2.75, 3.05) is 4.31 Å². The molecule has 1 aromatic heterocycles. The highest BCUT2D eigenvalue weighted by molar-refractivity contribution is 7.81. The number of hydrogen-bond donors (Lipinski definition) is 1. The smallest absolute Gasteiger partial charge is 0.253 e. The molecule has 1 atom stereocenters. The van der Waals surface area contributed by atoms with Gasteiger partial charge in [-0.2, -0.15) is 8.75 Å². The fourth-order valence-electron chi connectivity index (χ4n) is 3.30. The van der Waals surface area contributed by atoms with Crippen LogP contribution in [-0.4, -0.2) is 23.4 Å². The molecule has 4 rings (SSSR count). The summed E-state index contributed by atoms with van der Waals surface area (Å²) < 4.78 is 34.2. The highest BCUT2D eigenvalue weighted by Crippen LogP contribution is 2.32. The Balaban J connectivity index is 1.63. The van der Waals surface area contributed by atoms with Gasteiger partial charge in [-0.15, -0.1) is 0 Å². The maximum atomic E-state index is 13.0. The Bertz CT molecular complexity index is 1330. The molecule has 1 amide bonds. The van der Waals surface area contributed by atoms with Crippen molar-refractivity contribution in [3.63, 3.8) is 0 Å². The van der Waals surface area contributed by atoms with Crippen molar-refractivity contribution in [3.8, 4) is 0 Å². The van der Waals surface area contributed by atoms with E-state index in [9.17, 15) is 13.6 Å². The summed E-state index contributed by atoms with van der Waals surface area (Å²) in [7, 11) is 0. The van der Waals surface area contributed by atoms with Gasteiger partial charge in [0.1, 0.15) is 5.69 Å². The molecule has 1 unspecified atom stereocenters. The summed E-state index contributed by atoms with van der Waals surface area (Å²) in [4.78, 5) is 13.0. The molecule has 0 saturated carbocycles. The molecule has 174 valence electrons. The van der Waals surface area contributed by atoms with E-state index in [4.69, 9.17) is 23.2 Å². The summed E-state index contributed by atoms with van der Waals surface area (Å²) in [5.74, 6) is -0.312. The highest BCUT2D eigenvalue weighted by Gasteiger charge is 2.24. The van der Waals surface area contributed by atoms with Gasteiger partial charge in [-0.3, -0.25) is 13.3 Å². The third-order valence-electron chi connectivity index (χ3n) is 4.91. The second-order valence-electron chi connectivity index (χ2n) is 7.14. The number of anilines is 2. The normalized spacial score (nSPS) is 11.7. The molecule has 0 aliphatic carbocycles. The zero-order chi connectivity index (χ0) is 24.1. The van der Waals surface area contributed by atoms with E-state index in [0.29, 0.717) is 27.7 Å². The lowest BCUT2D eigenvalue weighted by Crippen LogP contribution is -2.28. The van der Waals surface area contributed by atoms with Crippen molar-refractivity contribution in [3.05, 3.63) is 105 Å². The molecule has 0 radical (unpaired) electrons. The van der Waals surface area contributed by atoms with Gasteiger partial charge in [0.05, 0.1) is 34.2 Å². The van der Waals surface area contributed by atoms with Crippen LogP contribution in [0.5, 0.6) is 0 Å². The second kappa shape index (κ2) is 11.1. The van der Waals surface area contributed by atoms with Crippen LogP contribution in [0.4, 0.5) is 11.5 Å². The number of halogens is 2. The zero-order valence-electron chi connectivity index (χ0n) is 17.5. The summed E-state index contributed by atoms with van der Waals surface area (Å²) in [6.45, 7) is 0.140. The van der Waals surface area contributed by atoms with E-state index in [0.717, 1.165) is 21.6 Å². The topological polar surface area (TPSA) is 98.2 Å². The second-order valence-corrected chi connectivity index (χ2v) is 9.32. The number of hydrogen-bond acceptors (Lipinski definition) is 6. The number of nitrogens with zero attached hydrogens (tertiary/aromatic N) is 3. The molecule has 11 heteroatoms. The number of benzene rings is 3. The molecule has 0 aliphatic heterocycles. The third-order valence-corrected chi connectivity index (χ3v) is 6.73. The SMILES string of the molecule is O=C(NCc1ccc(Cl)cc1Cl)c1ccccc1N(c1nsnc1Cc1ccccc1)S(=O)[O-]. The van der Waals surface area contributed by atoms with Crippen molar-refractivity contribution in [1.82, 2.24) is 14.1 Å². The molecule has 1 heterocycles. The molecule has 7 nitrogen and oxygen atoms in total.